The number of ether oxygens (including phenoxy) is 1. The Labute approximate surface area is 264 Å². The van der Waals surface area contributed by atoms with E-state index in [9.17, 15) is 13.2 Å². The molecule has 10 heteroatoms. The normalized spacial score (nSPS) is 14.4. The quantitative estimate of drug-likeness (QED) is 0.192. The molecular weight excluding hydrogens is 593 g/mol. The summed E-state index contributed by atoms with van der Waals surface area (Å²) < 4.78 is 33.7. The Morgan fingerprint density at radius 1 is 0.818 bits per heavy atom. The van der Waals surface area contributed by atoms with E-state index in [2.05, 4.69) is 39.8 Å². The lowest BCUT2D eigenvalue weighted by atomic mass is 9.96. The average Bonchev–Trinajstić information content (AvgIpc) is 3.05. The third-order valence-corrected chi connectivity index (χ3v) is 9.52. The molecule has 226 valence electrons. The Bertz CT molecular complexity index is 1650. The van der Waals surface area contributed by atoms with E-state index >= 15 is 0 Å². The standard InChI is InChI=1S/C34H34N4O4S2/c1-42-30-17-12-26(13-18-30)14-21-32(39)36-34(43)35-29-15-19-31(20-16-29)44(40,41)38-24-22-37(23-25-38)33(27-8-4-2-5-9-27)28-10-6-3-7-11-28/h2-21,33H,22-25H2,1H3,(H2,35,36,39,43). The summed E-state index contributed by atoms with van der Waals surface area (Å²) in [5.74, 6) is 0.340. The lowest BCUT2D eigenvalue weighted by Crippen LogP contribution is -2.49. The first-order valence-corrected chi connectivity index (χ1v) is 16.1. The molecule has 0 radical (unpaired) electrons. The first-order valence-electron chi connectivity index (χ1n) is 14.2. The summed E-state index contributed by atoms with van der Waals surface area (Å²) in [6, 6.07) is 34.3. The molecule has 1 aliphatic heterocycles. The zero-order valence-electron chi connectivity index (χ0n) is 24.3. The smallest absolute Gasteiger partial charge is 0.250 e. The van der Waals surface area contributed by atoms with Gasteiger partial charge in [0.05, 0.1) is 18.0 Å². The molecule has 2 N–H and O–H groups in total. The Kier molecular flexibility index (Phi) is 10.2. The summed E-state index contributed by atoms with van der Waals surface area (Å²) in [7, 11) is -2.09. The molecule has 1 saturated heterocycles. The highest BCUT2D eigenvalue weighted by Gasteiger charge is 2.32. The third-order valence-electron chi connectivity index (χ3n) is 7.40. The maximum absolute atomic E-state index is 13.5. The van der Waals surface area contributed by atoms with Crippen LogP contribution >= 0.6 is 12.2 Å². The van der Waals surface area contributed by atoms with Gasteiger partial charge in [0.1, 0.15) is 5.75 Å². The van der Waals surface area contributed by atoms with Crippen molar-refractivity contribution in [3.05, 3.63) is 132 Å². The fourth-order valence-electron chi connectivity index (χ4n) is 5.15. The number of anilines is 1. The van der Waals surface area contributed by atoms with E-state index in [0.717, 1.165) is 11.3 Å². The Morgan fingerprint density at radius 3 is 1.93 bits per heavy atom. The van der Waals surface area contributed by atoms with Gasteiger partial charge >= 0.3 is 0 Å². The molecule has 1 fully saturated rings. The highest BCUT2D eigenvalue weighted by molar-refractivity contribution is 7.89. The summed E-state index contributed by atoms with van der Waals surface area (Å²) in [6.07, 6.45) is 3.05. The van der Waals surface area contributed by atoms with E-state index in [0.29, 0.717) is 31.9 Å². The molecular formula is C34H34N4O4S2. The predicted octanol–water partition coefficient (Wildman–Crippen LogP) is 5.32. The number of sulfonamides is 1. The minimum Gasteiger partial charge on any atom is -0.497 e. The van der Waals surface area contributed by atoms with Crippen LogP contribution in [-0.4, -0.2) is 61.9 Å². The van der Waals surface area contributed by atoms with Crippen molar-refractivity contribution in [2.24, 2.45) is 0 Å². The van der Waals surface area contributed by atoms with Gasteiger partial charge in [-0.25, -0.2) is 8.42 Å². The Morgan fingerprint density at radius 2 is 1.39 bits per heavy atom. The van der Waals surface area contributed by atoms with Crippen LogP contribution in [0.5, 0.6) is 5.75 Å². The molecule has 1 heterocycles. The molecule has 0 aliphatic carbocycles. The highest BCUT2D eigenvalue weighted by Crippen LogP contribution is 2.30. The van der Waals surface area contributed by atoms with Gasteiger partial charge in [-0.15, -0.1) is 0 Å². The molecule has 0 saturated carbocycles. The summed E-state index contributed by atoms with van der Waals surface area (Å²) in [6.45, 7) is 1.99. The minimum atomic E-state index is -3.68. The number of nitrogens with one attached hydrogen (secondary N) is 2. The number of carbonyl (C=O) groups is 1. The van der Waals surface area contributed by atoms with Gasteiger partial charge < -0.3 is 10.1 Å². The van der Waals surface area contributed by atoms with Crippen molar-refractivity contribution in [2.75, 3.05) is 38.6 Å². The number of thiocarbonyl (C=S) groups is 1. The SMILES string of the molecule is COc1ccc(C=CC(=O)NC(=S)Nc2ccc(S(=O)(=O)N3CCN(C(c4ccccc4)c4ccccc4)CC3)cc2)cc1. The number of piperazine rings is 1. The first kappa shape index (κ1) is 31.1. The van der Waals surface area contributed by atoms with Gasteiger partial charge in [0, 0.05) is 37.9 Å². The van der Waals surface area contributed by atoms with Crippen LogP contribution in [0.1, 0.15) is 22.7 Å². The maximum atomic E-state index is 13.5. The van der Waals surface area contributed by atoms with Crippen molar-refractivity contribution in [3.8, 4) is 5.75 Å². The van der Waals surface area contributed by atoms with Gasteiger partial charge in [-0.05, 0) is 71.4 Å². The molecule has 4 aromatic rings. The molecule has 0 aromatic heterocycles. The lowest BCUT2D eigenvalue weighted by Gasteiger charge is -2.39. The minimum absolute atomic E-state index is 0.0508. The van der Waals surface area contributed by atoms with E-state index < -0.39 is 15.9 Å². The van der Waals surface area contributed by atoms with Gasteiger partial charge in [-0.3, -0.25) is 15.0 Å². The fourth-order valence-corrected chi connectivity index (χ4v) is 6.79. The van der Waals surface area contributed by atoms with Crippen LogP contribution in [0.3, 0.4) is 0 Å². The van der Waals surface area contributed by atoms with Crippen molar-refractivity contribution < 1.29 is 17.9 Å². The number of nitrogens with zero attached hydrogens (tertiary/aromatic N) is 2. The number of hydrogen-bond acceptors (Lipinski definition) is 6. The second kappa shape index (κ2) is 14.4. The molecule has 0 unspecified atom stereocenters. The summed E-state index contributed by atoms with van der Waals surface area (Å²) in [4.78, 5) is 14.8. The number of methoxy groups -OCH3 is 1. The van der Waals surface area contributed by atoms with E-state index in [1.165, 1.54) is 17.2 Å². The number of amides is 1. The Hall–Kier alpha value is -4.35. The summed E-state index contributed by atoms with van der Waals surface area (Å²) >= 11 is 5.26. The van der Waals surface area contributed by atoms with E-state index in [-0.39, 0.29) is 16.0 Å². The van der Waals surface area contributed by atoms with Crippen LogP contribution in [0, 0.1) is 0 Å². The van der Waals surface area contributed by atoms with Gasteiger partial charge in [-0.2, -0.15) is 4.31 Å². The van der Waals surface area contributed by atoms with Gasteiger partial charge in [0.2, 0.25) is 15.9 Å². The van der Waals surface area contributed by atoms with Crippen LogP contribution in [0.15, 0.2) is 120 Å². The van der Waals surface area contributed by atoms with Crippen molar-refractivity contribution in [2.45, 2.75) is 10.9 Å². The largest absolute Gasteiger partial charge is 0.497 e. The second-order valence-electron chi connectivity index (χ2n) is 10.2. The molecule has 4 aromatic carbocycles. The third kappa shape index (κ3) is 7.78. The number of rotatable bonds is 9. The van der Waals surface area contributed by atoms with Crippen molar-refractivity contribution in [1.29, 1.82) is 0 Å². The molecule has 5 rings (SSSR count). The maximum Gasteiger partial charge on any atom is 0.250 e. The van der Waals surface area contributed by atoms with Crippen molar-refractivity contribution in [1.82, 2.24) is 14.5 Å². The fraction of sp³-hybridized carbons (Fsp3) is 0.176. The van der Waals surface area contributed by atoms with Crippen molar-refractivity contribution >= 4 is 45.0 Å². The van der Waals surface area contributed by atoms with Gasteiger partial charge in [0.15, 0.2) is 5.11 Å². The zero-order valence-corrected chi connectivity index (χ0v) is 25.9. The van der Waals surface area contributed by atoms with Crippen LogP contribution in [0.25, 0.3) is 6.08 Å². The van der Waals surface area contributed by atoms with Gasteiger partial charge in [-0.1, -0.05) is 72.8 Å². The molecule has 8 nitrogen and oxygen atoms in total. The van der Waals surface area contributed by atoms with Crippen LogP contribution in [0.4, 0.5) is 5.69 Å². The molecule has 1 amide bonds. The van der Waals surface area contributed by atoms with E-state index in [1.807, 2.05) is 48.5 Å². The summed E-state index contributed by atoms with van der Waals surface area (Å²) in [5.41, 5.74) is 3.76. The highest BCUT2D eigenvalue weighted by atomic mass is 32.2. The van der Waals surface area contributed by atoms with Crippen LogP contribution in [-0.2, 0) is 14.8 Å². The first-order chi connectivity index (χ1) is 21.3. The van der Waals surface area contributed by atoms with Gasteiger partial charge in [0.25, 0.3) is 0 Å². The lowest BCUT2D eigenvalue weighted by molar-refractivity contribution is -0.115. The number of benzene rings is 4. The molecule has 1 aliphatic rings. The molecule has 0 atom stereocenters. The van der Waals surface area contributed by atoms with Crippen LogP contribution < -0.4 is 15.4 Å². The number of carbonyl (C=O) groups excluding carboxylic acids is 1. The summed E-state index contributed by atoms with van der Waals surface area (Å²) in [5, 5.41) is 5.63. The molecule has 0 bridgehead atoms. The average molecular weight is 627 g/mol. The molecule has 44 heavy (non-hydrogen) atoms. The predicted molar refractivity (Wildman–Crippen MR) is 178 cm³/mol. The monoisotopic (exact) mass is 626 g/mol. The molecule has 0 spiro atoms. The Balaban J connectivity index is 1.16. The number of hydrogen-bond donors (Lipinski definition) is 2. The van der Waals surface area contributed by atoms with E-state index in [1.54, 1.807) is 53.9 Å². The zero-order chi connectivity index (χ0) is 30.9. The second-order valence-corrected chi connectivity index (χ2v) is 12.6. The van der Waals surface area contributed by atoms with Crippen molar-refractivity contribution in [3.63, 3.8) is 0 Å². The van der Waals surface area contributed by atoms with Crippen LogP contribution in [0.2, 0.25) is 0 Å². The van der Waals surface area contributed by atoms with E-state index in [4.69, 9.17) is 17.0 Å². The topological polar surface area (TPSA) is 91.0 Å².